The number of nitrogens with one attached hydrogen (secondary N) is 1. The van der Waals surface area contributed by atoms with E-state index in [0.717, 1.165) is 28.1 Å². The quantitative estimate of drug-likeness (QED) is 0.303. The fourth-order valence-corrected chi connectivity index (χ4v) is 4.81. The summed E-state index contributed by atoms with van der Waals surface area (Å²) >= 11 is 1.25. The van der Waals surface area contributed by atoms with Gasteiger partial charge in [0.05, 0.1) is 35.5 Å². The second-order valence-electron chi connectivity index (χ2n) is 8.16. The number of ether oxygens (including phenoxy) is 1. The summed E-state index contributed by atoms with van der Waals surface area (Å²) in [5, 5.41) is 4.04. The third kappa shape index (κ3) is 4.84. The zero-order chi connectivity index (χ0) is 24.2. The van der Waals surface area contributed by atoms with Gasteiger partial charge in [-0.1, -0.05) is 59.8 Å². The predicted molar refractivity (Wildman–Crippen MR) is 137 cm³/mol. The van der Waals surface area contributed by atoms with Crippen LogP contribution < -0.4 is 15.6 Å². The van der Waals surface area contributed by atoms with E-state index in [1.54, 1.807) is 17.7 Å². The lowest BCUT2D eigenvalue weighted by Gasteiger charge is -2.18. The van der Waals surface area contributed by atoms with Crippen LogP contribution in [-0.4, -0.2) is 28.3 Å². The predicted octanol–water partition coefficient (Wildman–Crippen LogP) is 4.98. The van der Waals surface area contributed by atoms with Crippen molar-refractivity contribution in [3.05, 3.63) is 93.8 Å². The SMILES string of the molecule is COc1ccccc1C(C)NC(=O)CSc1nc2ccccc2c(=O)n1-c1ccc(C)cc1C. The molecule has 1 N–H and O–H groups in total. The summed E-state index contributed by atoms with van der Waals surface area (Å²) in [7, 11) is 1.61. The molecule has 0 bridgehead atoms. The second-order valence-corrected chi connectivity index (χ2v) is 9.10. The first-order valence-electron chi connectivity index (χ1n) is 11.0. The standard InChI is InChI=1S/C27H27N3O3S/c1-17-13-14-23(18(2)15-17)30-26(32)21-10-5-7-11-22(21)29-27(30)34-16-25(31)28-19(3)20-9-6-8-12-24(20)33-4/h5-15,19H,16H2,1-4H3,(H,28,31). The zero-order valence-electron chi connectivity index (χ0n) is 19.7. The summed E-state index contributed by atoms with van der Waals surface area (Å²) in [6.45, 7) is 5.90. The van der Waals surface area contributed by atoms with E-state index in [1.807, 2.05) is 81.4 Å². The smallest absolute Gasteiger partial charge is 0.266 e. The van der Waals surface area contributed by atoms with Crippen molar-refractivity contribution in [2.45, 2.75) is 32.0 Å². The van der Waals surface area contributed by atoms with E-state index in [0.29, 0.717) is 16.1 Å². The number of fused-ring (bicyclic) bond motifs is 1. The van der Waals surface area contributed by atoms with E-state index in [1.165, 1.54) is 11.8 Å². The number of carbonyl (C=O) groups excluding carboxylic acids is 1. The third-order valence-corrected chi connectivity index (χ3v) is 6.59. The number of hydrogen-bond donors (Lipinski definition) is 1. The average molecular weight is 474 g/mol. The van der Waals surface area contributed by atoms with Gasteiger partial charge in [0.25, 0.3) is 5.56 Å². The lowest BCUT2D eigenvalue weighted by atomic mass is 10.1. The summed E-state index contributed by atoms with van der Waals surface area (Å²) in [4.78, 5) is 31.0. The van der Waals surface area contributed by atoms with Crippen LogP contribution in [0.5, 0.6) is 5.75 Å². The molecule has 1 atom stereocenters. The van der Waals surface area contributed by atoms with Gasteiger partial charge in [-0.15, -0.1) is 0 Å². The summed E-state index contributed by atoms with van der Waals surface area (Å²) < 4.78 is 7.02. The van der Waals surface area contributed by atoms with E-state index in [9.17, 15) is 9.59 Å². The van der Waals surface area contributed by atoms with E-state index >= 15 is 0 Å². The van der Waals surface area contributed by atoms with Crippen LogP contribution in [0.25, 0.3) is 16.6 Å². The Morgan fingerprint density at radius 1 is 1.09 bits per heavy atom. The fraction of sp³-hybridized carbons (Fsp3) is 0.222. The monoisotopic (exact) mass is 473 g/mol. The lowest BCUT2D eigenvalue weighted by molar-refractivity contribution is -0.119. The molecule has 0 aliphatic carbocycles. The Kier molecular flexibility index (Phi) is 7.03. The minimum absolute atomic E-state index is 0.120. The Hall–Kier alpha value is -3.58. The molecule has 0 aliphatic rings. The van der Waals surface area contributed by atoms with Crippen LogP contribution >= 0.6 is 11.8 Å². The summed E-state index contributed by atoms with van der Waals surface area (Å²) in [5.74, 6) is 0.690. The van der Waals surface area contributed by atoms with Gasteiger partial charge in [0.15, 0.2) is 5.16 Å². The Balaban J connectivity index is 1.64. The summed E-state index contributed by atoms with van der Waals surface area (Å²) in [6, 6.07) is 20.6. The number of nitrogens with zero attached hydrogens (tertiary/aromatic N) is 2. The molecular formula is C27H27N3O3S. The molecule has 0 aliphatic heterocycles. The highest BCUT2D eigenvalue weighted by atomic mass is 32.2. The number of hydrogen-bond acceptors (Lipinski definition) is 5. The van der Waals surface area contributed by atoms with Gasteiger partial charge >= 0.3 is 0 Å². The van der Waals surface area contributed by atoms with Gasteiger partial charge in [0, 0.05) is 5.56 Å². The molecule has 174 valence electrons. The number of aromatic nitrogens is 2. The summed E-state index contributed by atoms with van der Waals surface area (Å²) in [5.41, 5.74) is 4.21. The molecule has 1 aromatic heterocycles. The second kappa shape index (κ2) is 10.1. The lowest BCUT2D eigenvalue weighted by Crippen LogP contribution is -2.29. The number of benzene rings is 3. The average Bonchev–Trinajstić information content (AvgIpc) is 2.83. The highest BCUT2D eigenvalue weighted by Crippen LogP contribution is 2.26. The Morgan fingerprint density at radius 2 is 1.82 bits per heavy atom. The molecule has 7 heteroatoms. The molecule has 0 saturated heterocycles. The van der Waals surface area contributed by atoms with Crippen LogP contribution in [0.2, 0.25) is 0 Å². The first-order valence-corrected chi connectivity index (χ1v) is 12.0. The first kappa shape index (κ1) is 23.6. The van der Waals surface area contributed by atoms with E-state index in [2.05, 4.69) is 5.32 Å². The van der Waals surface area contributed by atoms with Crippen molar-refractivity contribution in [2.75, 3.05) is 12.9 Å². The number of carbonyl (C=O) groups is 1. The molecule has 0 saturated carbocycles. The normalized spacial score (nSPS) is 11.9. The minimum Gasteiger partial charge on any atom is -0.496 e. The molecule has 0 radical (unpaired) electrons. The highest BCUT2D eigenvalue weighted by molar-refractivity contribution is 7.99. The van der Waals surface area contributed by atoms with Crippen molar-refractivity contribution < 1.29 is 9.53 Å². The molecule has 34 heavy (non-hydrogen) atoms. The van der Waals surface area contributed by atoms with Gasteiger partial charge < -0.3 is 10.1 Å². The van der Waals surface area contributed by atoms with E-state index in [4.69, 9.17) is 9.72 Å². The molecule has 1 amide bonds. The minimum atomic E-state index is -0.227. The van der Waals surface area contributed by atoms with E-state index < -0.39 is 0 Å². The molecule has 0 spiro atoms. The molecule has 4 aromatic rings. The van der Waals surface area contributed by atoms with Crippen molar-refractivity contribution in [3.8, 4) is 11.4 Å². The van der Waals surface area contributed by atoms with Gasteiger partial charge in [0.1, 0.15) is 5.75 Å². The fourth-order valence-electron chi connectivity index (χ4n) is 3.99. The number of methoxy groups -OCH3 is 1. The number of rotatable bonds is 7. The van der Waals surface area contributed by atoms with Crippen LogP contribution in [0.3, 0.4) is 0 Å². The third-order valence-electron chi connectivity index (χ3n) is 5.65. The van der Waals surface area contributed by atoms with E-state index in [-0.39, 0.29) is 23.3 Å². The van der Waals surface area contributed by atoms with Gasteiger partial charge in [-0.05, 0) is 50.6 Å². The molecule has 3 aromatic carbocycles. The molecule has 0 fully saturated rings. The maximum Gasteiger partial charge on any atom is 0.266 e. The Bertz CT molecular complexity index is 1410. The number of amides is 1. The highest BCUT2D eigenvalue weighted by Gasteiger charge is 2.18. The topological polar surface area (TPSA) is 73.2 Å². The van der Waals surface area contributed by atoms with Crippen molar-refractivity contribution in [2.24, 2.45) is 0 Å². The molecule has 4 rings (SSSR count). The Labute approximate surface area is 203 Å². The largest absolute Gasteiger partial charge is 0.496 e. The van der Waals surface area contributed by atoms with Crippen LogP contribution in [0.4, 0.5) is 0 Å². The number of para-hydroxylation sites is 2. The Morgan fingerprint density at radius 3 is 2.59 bits per heavy atom. The maximum atomic E-state index is 13.5. The van der Waals surface area contributed by atoms with Crippen LogP contribution in [-0.2, 0) is 4.79 Å². The maximum absolute atomic E-state index is 13.5. The van der Waals surface area contributed by atoms with Gasteiger partial charge in [-0.2, -0.15) is 0 Å². The van der Waals surface area contributed by atoms with Crippen LogP contribution in [0, 0.1) is 13.8 Å². The van der Waals surface area contributed by atoms with Crippen molar-refractivity contribution >= 4 is 28.6 Å². The molecule has 1 unspecified atom stereocenters. The molecule has 1 heterocycles. The zero-order valence-corrected chi connectivity index (χ0v) is 20.5. The van der Waals surface area contributed by atoms with Crippen LogP contribution in [0.15, 0.2) is 76.7 Å². The van der Waals surface area contributed by atoms with Crippen molar-refractivity contribution in [3.63, 3.8) is 0 Å². The van der Waals surface area contributed by atoms with Crippen molar-refractivity contribution in [1.29, 1.82) is 0 Å². The van der Waals surface area contributed by atoms with Crippen molar-refractivity contribution in [1.82, 2.24) is 14.9 Å². The molecular weight excluding hydrogens is 446 g/mol. The summed E-state index contributed by atoms with van der Waals surface area (Å²) in [6.07, 6.45) is 0. The molecule has 6 nitrogen and oxygen atoms in total. The first-order chi connectivity index (χ1) is 16.4. The number of thioether (sulfide) groups is 1. The number of aryl methyl sites for hydroxylation is 2. The van der Waals surface area contributed by atoms with Gasteiger partial charge in [-0.3, -0.25) is 14.2 Å². The van der Waals surface area contributed by atoms with Gasteiger partial charge in [0.2, 0.25) is 5.91 Å². The van der Waals surface area contributed by atoms with Gasteiger partial charge in [-0.25, -0.2) is 4.98 Å². The van der Waals surface area contributed by atoms with Crippen LogP contribution in [0.1, 0.15) is 29.7 Å².